The molecule has 2 atom stereocenters. The maximum absolute atomic E-state index is 13.9. The molecule has 3 aromatic rings. The average molecular weight is 600 g/mol. The van der Waals surface area contributed by atoms with Gasteiger partial charge in [0.25, 0.3) is 11.8 Å². The molecular weight excluding hydrogens is 562 g/mol. The highest BCUT2D eigenvalue weighted by molar-refractivity contribution is 8.04. The van der Waals surface area contributed by atoms with E-state index < -0.39 is 0 Å². The zero-order chi connectivity index (χ0) is 29.2. The number of carbonyl (C=O) groups excluding carboxylic acids is 2. The van der Waals surface area contributed by atoms with Crippen molar-refractivity contribution >= 4 is 46.9 Å². The van der Waals surface area contributed by atoms with E-state index >= 15 is 0 Å². The predicted octanol–water partition coefficient (Wildman–Crippen LogP) is 7.35. The molecule has 6 rings (SSSR count). The first-order chi connectivity index (χ1) is 20.4. The Morgan fingerprint density at radius 1 is 0.952 bits per heavy atom. The van der Waals surface area contributed by atoms with E-state index in [1.165, 1.54) is 29.5 Å². The highest BCUT2D eigenvalue weighted by atomic mass is 35.5. The number of benzene rings is 3. The van der Waals surface area contributed by atoms with Gasteiger partial charge in [-0.15, -0.1) is 11.8 Å². The van der Waals surface area contributed by atoms with Gasteiger partial charge in [-0.3, -0.25) is 9.59 Å². The summed E-state index contributed by atoms with van der Waals surface area (Å²) in [6.45, 7) is 7.79. The van der Waals surface area contributed by atoms with Crippen LogP contribution in [0.3, 0.4) is 0 Å². The SMILES string of the molecule is Cc1ccc(C)c(CN2C(=O)/C(=C/c3ccc(C(=O)N4CCN(c5cccc(Cl)c5)CC4)cc3)SC3CCCCC32)c1. The number of rotatable bonds is 5. The number of aryl methyl sites for hydroxylation is 2. The summed E-state index contributed by atoms with van der Waals surface area (Å²) < 4.78 is 0. The first-order valence-corrected chi connectivity index (χ1v) is 16.3. The Hall–Kier alpha value is -3.22. The lowest BCUT2D eigenvalue weighted by Gasteiger charge is -2.44. The standard InChI is InChI=1S/C35H38ClN3O2S/c1-24-10-11-25(2)28(20-24)23-39-31-8-3-4-9-32(31)42-33(35(39)41)21-26-12-14-27(15-13-26)34(40)38-18-16-37(17-19-38)30-7-5-6-29(36)22-30/h5-7,10-15,20-22,31-32H,3-4,8-9,16-19,23H2,1-2H3/b33-21-. The highest BCUT2D eigenvalue weighted by Gasteiger charge is 2.40. The van der Waals surface area contributed by atoms with Gasteiger partial charge in [-0.25, -0.2) is 0 Å². The maximum atomic E-state index is 13.9. The molecular formula is C35H38ClN3O2S. The normalized spacial score (nSPS) is 21.9. The lowest BCUT2D eigenvalue weighted by molar-refractivity contribution is -0.130. The van der Waals surface area contributed by atoms with Crippen LogP contribution in [0.1, 0.15) is 58.3 Å². The molecule has 0 bridgehead atoms. The van der Waals surface area contributed by atoms with Crippen LogP contribution in [-0.4, -0.2) is 59.1 Å². The van der Waals surface area contributed by atoms with E-state index in [1.54, 1.807) is 11.8 Å². The Kier molecular flexibility index (Phi) is 8.64. The van der Waals surface area contributed by atoms with Gasteiger partial charge in [-0.1, -0.05) is 66.4 Å². The summed E-state index contributed by atoms with van der Waals surface area (Å²) in [6, 6.07) is 22.4. The van der Waals surface area contributed by atoms with Gasteiger partial charge in [-0.2, -0.15) is 0 Å². The molecule has 1 aliphatic carbocycles. The number of carbonyl (C=O) groups is 2. The summed E-state index contributed by atoms with van der Waals surface area (Å²) in [4.78, 5) is 34.3. The monoisotopic (exact) mass is 599 g/mol. The molecule has 1 saturated carbocycles. The number of fused-ring (bicyclic) bond motifs is 1. The lowest BCUT2D eigenvalue weighted by atomic mass is 9.92. The smallest absolute Gasteiger partial charge is 0.260 e. The summed E-state index contributed by atoms with van der Waals surface area (Å²) in [5.74, 6) is 0.176. The van der Waals surface area contributed by atoms with Crippen molar-refractivity contribution in [1.82, 2.24) is 9.80 Å². The molecule has 5 nitrogen and oxygen atoms in total. The van der Waals surface area contributed by atoms with Crippen LogP contribution in [0.2, 0.25) is 5.02 Å². The largest absolute Gasteiger partial charge is 0.368 e. The van der Waals surface area contributed by atoms with E-state index in [9.17, 15) is 9.59 Å². The van der Waals surface area contributed by atoms with Gasteiger partial charge in [0.2, 0.25) is 0 Å². The highest BCUT2D eigenvalue weighted by Crippen LogP contribution is 2.43. The van der Waals surface area contributed by atoms with Gasteiger partial charge < -0.3 is 14.7 Å². The molecule has 2 heterocycles. The van der Waals surface area contributed by atoms with Crippen LogP contribution < -0.4 is 4.90 Å². The first-order valence-electron chi connectivity index (χ1n) is 15.0. The first kappa shape index (κ1) is 28.9. The van der Waals surface area contributed by atoms with Crippen molar-refractivity contribution in [1.29, 1.82) is 0 Å². The van der Waals surface area contributed by atoms with Crippen molar-refractivity contribution in [2.24, 2.45) is 0 Å². The van der Waals surface area contributed by atoms with E-state index in [-0.39, 0.29) is 17.9 Å². The van der Waals surface area contributed by atoms with Crippen molar-refractivity contribution in [3.8, 4) is 0 Å². The van der Waals surface area contributed by atoms with E-state index in [2.05, 4.69) is 47.9 Å². The third-order valence-corrected chi connectivity index (χ3v) is 10.5. The van der Waals surface area contributed by atoms with Crippen LogP contribution in [0, 0.1) is 13.8 Å². The molecule has 7 heteroatoms. The Balaban J connectivity index is 1.15. The Morgan fingerprint density at radius 2 is 1.71 bits per heavy atom. The number of hydrogen-bond acceptors (Lipinski definition) is 4. The third kappa shape index (κ3) is 6.25. The zero-order valence-corrected chi connectivity index (χ0v) is 26.0. The Labute approximate surface area is 258 Å². The molecule has 0 spiro atoms. The second kappa shape index (κ2) is 12.6. The van der Waals surface area contributed by atoms with Crippen molar-refractivity contribution in [2.45, 2.75) is 57.4 Å². The van der Waals surface area contributed by atoms with E-state index in [0.29, 0.717) is 30.4 Å². The molecule has 2 unspecified atom stereocenters. The maximum Gasteiger partial charge on any atom is 0.260 e. The van der Waals surface area contributed by atoms with Gasteiger partial charge in [0.1, 0.15) is 0 Å². The number of thioether (sulfide) groups is 1. The summed E-state index contributed by atoms with van der Waals surface area (Å²) in [7, 11) is 0. The summed E-state index contributed by atoms with van der Waals surface area (Å²) in [5, 5.41) is 1.15. The number of amides is 2. The van der Waals surface area contributed by atoms with Crippen LogP contribution in [-0.2, 0) is 11.3 Å². The third-order valence-electron chi connectivity index (χ3n) is 8.86. The number of piperazine rings is 1. The predicted molar refractivity (Wildman–Crippen MR) is 174 cm³/mol. The van der Waals surface area contributed by atoms with Gasteiger partial charge >= 0.3 is 0 Å². The van der Waals surface area contributed by atoms with Crippen molar-refractivity contribution in [2.75, 3.05) is 31.1 Å². The van der Waals surface area contributed by atoms with Gasteiger partial charge in [-0.05, 0) is 79.8 Å². The molecule has 2 amide bonds. The van der Waals surface area contributed by atoms with Crippen LogP contribution in [0.15, 0.2) is 71.6 Å². The molecule has 0 N–H and O–H groups in total. The van der Waals surface area contributed by atoms with Crippen LogP contribution in [0.25, 0.3) is 6.08 Å². The number of halogens is 1. The van der Waals surface area contributed by atoms with Crippen molar-refractivity contribution < 1.29 is 9.59 Å². The summed E-state index contributed by atoms with van der Waals surface area (Å²) in [6.07, 6.45) is 6.64. The summed E-state index contributed by atoms with van der Waals surface area (Å²) in [5.41, 5.74) is 6.41. The zero-order valence-electron chi connectivity index (χ0n) is 24.4. The van der Waals surface area contributed by atoms with Crippen LogP contribution >= 0.6 is 23.4 Å². The second-order valence-corrected chi connectivity index (χ2v) is 13.5. The average Bonchev–Trinajstić information content (AvgIpc) is 3.01. The van der Waals surface area contributed by atoms with Gasteiger partial charge in [0.15, 0.2) is 0 Å². The fraction of sp³-hybridized carbons (Fsp3) is 0.371. The molecule has 218 valence electrons. The number of nitrogens with zero attached hydrogens (tertiary/aromatic N) is 3. The fourth-order valence-corrected chi connectivity index (χ4v) is 8.07. The number of hydrogen-bond donors (Lipinski definition) is 0. The minimum Gasteiger partial charge on any atom is -0.368 e. The second-order valence-electron chi connectivity index (χ2n) is 11.8. The van der Waals surface area contributed by atoms with Crippen molar-refractivity contribution in [3.63, 3.8) is 0 Å². The molecule has 3 aromatic carbocycles. The van der Waals surface area contributed by atoms with Crippen LogP contribution in [0.4, 0.5) is 5.69 Å². The molecule has 0 radical (unpaired) electrons. The molecule has 3 fully saturated rings. The summed E-state index contributed by atoms with van der Waals surface area (Å²) >= 11 is 7.92. The molecule has 0 aromatic heterocycles. The molecule has 3 aliphatic rings. The Morgan fingerprint density at radius 3 is 2.48 bits per heavy atom. The quantitative estimate of drug-likeness (QED) is 0.288. The van der Waals surface area contributed by atoms with Gasteiger partial charge in [0.05, 0.1) is 4.91 Å². The topological polar surface area (TPSA) is 43.9 Å². The van der Waals surface area contributed by atoms with E-state index in [0.717, 1.165) is 47.1 Å². The van der Waals surface area contributed by atoms with Crippen LogP contribution in [0.5, 0.6) is 0 Å². The van der Waals surface area contributed by atoms with Crippen molar-refractivity contribution in [3.05, 3.63) is 104 Å². The minimum atomic E-state index is 0.0489. The minimum absolute atomic E-state index is 0.0489. The Bertz CT molecular complexity index is 1500. The van der Waals surface area contributed by atoms with E-state index in [1.807, 2.05) is 53.4 Å². The van der Waals surface area contributed by atoms with Gasteiger partial charge in [0, 0.05) is 60.3 Å². The lowest BCUT2D eigenvalue weighted by Crippen LogP contribution is -2.50. The fourth-order valence-electron chi connectivity index (χ4n) is 6.41. The molecule has 42 heavy (non-hydrogen) atoms. The molecule has 2 aliphatic heterocycles. The van der Waals surface area contributed by atoms with E-state index in [4.69, 9.17) is 11.6 Å². The molecule has 2 saturated heterocycles. The number of anilines is 1.